The maximum absolute atomic E-state index is 13.4. The highest BCUT2D eigenvalue weighted by Gasteiger charge is 2.25. The van der Waals surface area contributed by atoms with Gasteiger partial charge in [-0.05, 0) is 31.7 Å². The minimum atomic E-state index is -0.473. The quantitative estimate of drug-likeness (QED) is 0.921. The highest BCUT2D eigenvalue weighted by Crippen LogP contribution is 2.23. The number of carbonyl (C=O) groups excluding carboxylic acids is 1. The fraction of sp³-hybridized carbons (Fsp3) is 0.600. The molecule has 2 heterocycles. The van der Waals surface area contributed by atoms with Crippen LogP contribution >= 0.6 is 0 Å². The third kappa shape index (κ3) is 3.26. The average molecular weight is 279 g/mol. The van der Waals surface area contributed by atoms with Crippen LogP contribution in [0.2, 0.25) is 0 Å². The van der Waals surface area contributed by atoms with Crippen molar-refractivity contribution in [3.05, 3.63) is 23.6 Å². The largest absolute Gasteiger partial charge is 0.370 e. The number of amides is 1. The molecule has 0 saturated carbocycles. The van der Waals surface area contributed by atoms with Crippen LogP contribution in [0.25, 0.3) is 0 Å². The van der Waals surface area contributed by atoms with Crippen molar-refractivity contribution in [1.82, 2.24) is 9.88 Å². The molecule has 1 aliphatic rings. The van der Waals surface area contributed by atoms with Crippen LogP contribution in [0, 0.1) is 11.7 Å². The van der Waals surface area contributed by atoms with Crippen LogP contribution in [-0.2, 0) is 0 Å². The Morgan fingerprint density at radius 3 is 3.05 bits per heavy atom. The van der Waals surface area contributed by atoms with E-state index in [2.05, 4.69) is 17.2 Å². The monoisotopic (exact) mass is 279 g/mol. The van der Waals surface area contributed by atoms with Crippen LogP contribution in [0.15, 0.2) is 12.3 Å². The standard InChI is InChI=1S/C15H22FN3O/c1-3-11-6-5-7-19(10-11)15(20)13-8-12(16)9-18-14(13)17-4-2/h8-9,11H,3-7,10H2,1-2H3,(H,17,18). The van der Waals surface area contributed by atoms with Gasteiger partial charge < -0.3 is 10.2 Å². The summed E-state index contributed by atoms with van der Waals surface area (Å²) in [5.41, 5.74) is 0.337. The number of hydrogen-bond donors (Lipinski definition) is 1. The van der Waals surface area contributed by atoms with Gasteiger partial charge in [0.25, 0.3) is 5.91 Å². The molecule has 1 N–H and O–H groups in total. The minimum absolute atomic E-state index is 0.119. The number of carbonyl (C=O) groups is 1. The Morgan fingerprint density at radius 2 is 2.35 bits per heavy atom. The SMILES string of the molecule is CCNc1ncc(F)cc1C(=O)N1CCCC(CC)C1. The third-order valence-electron chi connectivity index (χ3n) is 3.81. The number of hydrogen-bond acceptors (Lipinski definition) is 3. The number of nitrogens with one attached hydrogen (secondary N) is 1. The van der Waals surface area contributed by atoms with Crippen molar-refractivity contribution < 1.29 is 9.18 Å². The van der Waals surface area contributed by atoms with Gasteiger partial charge in [-0.1, -0.05) is 13.3 Å². The molecule has 1 amide bonds. The molecule has 1 saturated heterocycles. The van der Waals surface area contributed by atoms with E-state index in [9.17, 15) is 9.18 Å². The second-order valence-corrected chi connectivity index (χ2v) is 5.25. The number of likely N-dealkylation sites (tertiary alicyclic amines) is 1. The van der Waals surface area contributed by atoms with Crippen molar-refractivity contribution in [2.24, 2.45) is 5.92 Å². The normalized spacial score (nSPS) is 18.9. The number of rotatable bonds is 4. The van der Waals surface area contributed by atoms with Gasteiger partial charge in [0, 0.05) is 19.6 Å². The lowest BCUT2D eigenvalue weighted by molar-refractivity contribution is 0.0671. The van der Waals surface area contributed by atoms with Crippen LogP contribution in [0.5, 0.6) is 0 Å². The summed E-state index contributed by atoms with van der Waals surface area (Å²) in [5, 5.41) is 3.02. The van der Waals surface area contributed by atoms with Gasteiger partial charge in [-0.15, -0.1) is 0 Å². The van der Waals surface area contributed by atoms with Gasteiger partial charge in [0.1, 0.15) is 11.6 Å². The van der Waals surface area contributed by atoms with Crippen LogP contribution in [0.1, 0.15) is 43.5 Å². The van der Waals surface area contributed by atoms with E-state index in [0.717, 1.165) is 32.1 Å². The smallest absolute Gasteiger partial charge is 0.257 e. The zero-order valence-electron chi connectivity index (χ0n) is 12.2. The highest BCUT2D eigenvalue weighted by molar-refractivity contribution is 5.98. The molecular formula is C15H22FN3O. The first kappa shape index (κ1) is 14.8. The maximum Gasteiger partial charge on any atom is 0.257 e. The molecule has 20 heavy (non-hydrogen) atoms. The van der Waals surface area contributed by atoms with Crippen molar-refractivity contribution in [1.29, 1.82) is 0 Å². The molecule has 0 radical (unpaired) electrons. The molecular weight excluding hydrogens is 257 g/mol. The first-order valence-electron chi connectivity index (χ1n) is 7.34. The van der Waals surface area contributed by atoms with E-state index in [4.69, 9.17) is 0 Å². The third-order valence-corrected chi connectivity index (χ3v) is 3.81. The van der Waals surface area contributed by atoms with Crippen LogP contribution in [0.3, 0.4) is 0 Å². The molecule has 1 aromatic heterocycles. The van der Waals surface area contributed by atoms with Crippen LogP contribution in [0.4, 0.5) is 10.2 Å². The summed E-state index contributed by atoms with van der Waals surface area (Å²) in [5.74, 6) is 0.430. The Kier molecular flexibility index (Phi) is 4.93. The summed E-state index contributed by atoms with van der Waals surface area (Å²) in [6.45, 7) is 6.23. The van der Waals surface area contributed by atoms with Gasteiger partial charge in [-0.2, -0.15) is 0 Å². The molecule has 1 aromatic rings. The van der Waals surface area contributed by atoms with E-state index in [1.165, 1.54) is 12.5 Å². The lowest BCUT2D eigenvalue weighted by Crippen LogP contribution is -2.40. The Labute approximate surface area is 119 Å². The van der Waals surface area contributed by atoms with Gasteiger partial charge in [0.2, 0.25) is 0 Å². The molecule has 5 heteroatoms. The molecule has 0 bridgehead atoms. The molecule has 110 valence electrons. The van der Waals surface area contributed by atoms with Crippen LogP contribution < -0.4 is 5.32 Å². The van der Waals surface area contributed by atoms with Crippen molar-refractivity contribution in [3.8, 4) is 0 Å². The predicted molar refractivity (Wildman–Crippen MR) is 77.3 cm³/mol. The molecule has 2 rings (SSSR count). The molecule has 1 unspecified atom stereocenters. The zero-order chi connectivity index (χ0) is 14.5. The number of anilines is 1. The van der Waals surface area contributed by atoms with Crippen molar-refractivity contribution in [2.75, 3.05) is 25.0 Å². The molecule has 0 aromatic carbocycles. The Hall–Kier alpha value is -1.65. The fourth-order valence-electron chi connectivity index (χ4n) is 2.66. The Morgan fingerprint density at radius 1 is 1.55 bits per heavy atom. The lowest BCUT2D eigenvalue weighted by Gasteiger charge is -2.32. The molecule has 1 atom stereocenters. The summed E-state index contributed by atoms with van der Waals surface area (Å²) in [7, 11) is 0. The van der Waals surface area contributed by atoms with Gasteiger partial charge >= 0.3 is 0 Å². The van der Waals surface area contributed by atoms with Gasteiger partial charge in [0.05, 0.1) is 11.8 Å². The molecule has 0 spiro atoms. The second kappa shape index (κ2) is 6.68. The minimum Gasteiger partial charge on any atom is -0.370 e. The van der Waals surface area contributed by atoms with E-state index in [1.54, 1.807) is 0 Å². The number of halogens is 1. The van der Waals surface area contributed by atoms with E-state index in [-0.39, 0.29) is 5.91 Å². The summed E-state index contributed by atoms with van der Waals surface area (Å²) in [4.78, 5) is 18.4. The Balaban J connectivity index is 2.21. The summed E-state index contributed by atoms with van der Waals surface area (Å²) in [6, 6.07) is 1.28. The number of piperidine rings is 1. The Bertz CT molecular complexity index is 478. The second-order valence-electron chi connectivity index (χ2n) is 5.25. The first-order chi connectivity index (χ1) is 9.65. The van der Waals surface area contributed by atoms with E-state index < -0.39 is 5.82 Å². The van der Waals surface area contributed by atoms with Crippen molar-refractivity contribution in [3.63, 3.8) is 0 Å². The summed E-state index contributed by atoms with van der Waals surface area (Å²) in [6.07, 6.45) is 4.40. The van der Waals surface area contributed by atoms with Crippen molar-refractivity contribution >= 4 is 11.7 Å². The number of pyridine rings is 1. The molecule has 1 aliphatic heterocycles. The summed E-state index contributed by atoms with van der Waals surface area (Å²) < 4.78 is 13.4. The lowest BCUT2D eigenvalue weighted by atomic mass is 9.95. The van der Waals surface area contributed by atoms with Crippen LogP contribution in [-0.4, -0.2) is 35.4 Å². The molecule has 0 aliphatic carbocycles. The molecule has 1 fully saturated rings. The van der Waals surface area contributed by atoms with Gasteiger partial charge in [-0.25, -0.2) is 9.37 Å². The van der Waals surface area contributed by atoms with E-state index in [0.29, 0.717) is 23.8 Å². The fourth-order valence-corrected chi connectivity index (χ4v) is 2.66. The highest BCUT2D eigenvalue weighted by atomic mass is 19.1. The molecule has 4 nitrogen and oxygen atoms in total. The van der Waals surface area contributed by atoms with Gasteiger partial charge in [0.15, 0.2) is 0 Å². The predicted octanol–water partition coefficient (Wildman–Crippen LogP) is 2.91. The van der Waals surface area contributed by atoms with E-state index >= 15 is 0 Å². The average Bonchev–Trinajstić information content (AvgIpc) is 2.48. The topological polar surface area (TPSA) is 45.2 Å². The summed E-state index contributed by atoms with van der Waals surface area (Å²) >= 11 is 0. The van der Waals surface area contributed by atoms with E-state index in [1.807, 2.05) is 11.8 Å². The number of aromatic nitrogens is 1. The van der Waals surface area contributed by atoms with Crippen molar-refractivity contribution in [2.45, 2.75) is 33.1 Å². The number of nitrogens with zero attached hydrogens (tertiary/aromatic N) is 2. The zero-order valence-corrected chi connectivity index (χ0v) is 12.2. The van der Waals surface area contributed by atoms with Gasteiger partial charge in [-0.3, -0.25) is 4.79 Å². The maximum atomic E-state index is 13.4. The first-order valence-corrected chi connectivity index (χ1v) is 7.34.